The number of Topliss-reactive ketones (excluding diaryl/α,β-unsaturated/α-hetero) is 1. The van der Waals surface area contributed by atoms with E-state index in [0.29, 0.717) is 17.9 Å². The first kappa shape index (κ1) is 11.2. The number of carbonyl (C=O) groups is 1. The molecule has 16 heavy (non-hydrogen) atoms. The Labute approximate surface area is 96.3 Å². The van der Waals surface area contributed by atoms with Crippen LogP contribution in [0.25, 0.3) is 0 Å². The molecule has 1 aliphatic rings. The van der Waals surface area contributed by atoms with Crippen LogP contribution in [0, 0.1) is 5.92 Å². The van der Waals surface area contributed by atoms with Gasteiger partial charge >= 0.3 is 0 Å². The predicted octanol–water partition coefficient (Wildman–Crippen LogP) is 3.55. The van der Waals surface area contributed by atoms with Gasteiger partial charge in [-0.3, -0.25) is 4.79 Å². The molecule has 0 aliphatic heterocycles. The van der Waals surface area contributed by atoms with E-state index in [1.807, 2.05) is 0 Å². The molecule has 1 aromatic carbocycles. The Bertz CT molecular complexity index is 365. The van der Waals surface area contributed by atoms with E-state index < -0.39 is 0 Å². The van der Waals surface area contributed by atoms with Crippen LogP contribution >= 0.6 is 0 Å². The molecule has 2 nitrogen and oxygen atoms in total. The lowest BCUT2D eigenvalue weighted by Crippen LogP contribution is -2.12. The molecule has 1 fully saturated rings. The van der Waals surface area contributed by atoms with E-state index in [4.69, 9.17) is 0 Å². The minimum atomic E-state index is 0.0880. The fourth-order valence-electron chi connectivity index (χ4n) is 2.47. The smallest absolute Gasteiger partial charge is 0.166 e. The fourth-order valence-corrected chi connectivity index (χ4v) is 2.47. The molecule has 2 heteroatoms. The van der Waals surface area contributed by atoms with Gasteiger partial charge in [0.05, 0.1) is 5.56 Å². The molecule has 0 atom stereocenters. The zero-order chi connectivity index (χ0) is 11.4. The second-order valence-corrected chi connectivity index (χ2v) is 4.65. The molecule has 0 bridgehead atoms. The molecule has 0 amide bonds. The van der Waals surface area contributed by atoms with Crippen LogP contribution in [0.2, 0.25) is 0 Å². The molecule has 0 radical (unpaired) electrons. The van der Waals surface area contributed by atoms with Gasteiger partial charge in [0, 0.05) is 6.42 Å². The molecule has 0 saturated heterocycles. The summed E-state index contributed by atoms with van der Waals surface area (Å²) in [6.07, 6.45) is 6.73. The average molecular weight is 218 g/mol. The average Bonchev–Trinajstić information content (AvgIpc) is 2.31. The number of hydrogen-bond donors (Lipinski definition) is 1. The van der Waals surface area contributed by atoms with E-state index in [9.17, 15) is 9.90 Å². The summed E-state index contributed by atoms with van der Waals surface area (Å²) in [5.74, 6) is 0.731. The van der Waals surface area contributed by atoms with E-state index >= 15 is 0 Å². The van der Waals surface area contributed by atoms with Gasteiger partial charge in [-0.05, 0) is 18.1 Å². The predicted molar refractivity (Wildman–Crippen MR) is 63.6 cm³/mol. The molecule has 1 saturated carbocycles. The van der Waals surface area contributed by atoms with Crippen molar-refractivity contribution in [1.29, 1.82) is 0 Å². The molecule has 1 aromatic rings. The number of benzene rings is 1. The normalized spacial score (nSPS) is 17.2. The van der Waals surface area contributed by atoms with Crippen LogP contribution in [-0.2, 0) is 0 Å². The van der Waals surface area contributed by atoms with E-state index in [0.717, 1.165) is 0 Å². The molecular weight excluding hydrogens is 200 g/mol. The Hall–Kier alpha value is -1.31. The van der Waals surface area contributed by atoms with Crippen molar-refractivity contribution in [1.82, 2.24) is 0 Å². The van der Waals surface area contributed by atoms with Crippen molar-refractivity contribution in [2.75, 3.05) is 0 Å². The third-order valence-electron chi connectivity index (χ3n) is 3.40. The quantitative estimate of drug-likeness (QED) is 0.788. The van der Waals surface area contributed by atoms with Gasteiger partial charge in [-0.1, -0.05) is 44.2 Å². The summed E-state index contributed by atoms with van der Waals surface area (Å²) in [5.41, 5.74) is 0.480. The van der Waals surface area contributed by atoms with Crippen LogP contribution in [0.4, 0.5) is 0 Å². The molecule has 0 spiro atoms. The van der Waals surface area contributed by atoms with Crippen molar-refractivity contribution >= 4 is 5.78 Å². The lowest BCUT2D eigenvalue weighted by molar-refractivity contribution is 0.0947. The zero-order valence-corrected chi connectivity index (χ0v) is 9.48. The third-order valence-corrected chi connectivity index (χ3v) is 3.40. The number of rotatable bonds is 3. The molecule has 1 N–H and O–H groups in total. The minimum absolute atomic E-state index is 0.0880. The Balaban J connectivity index is 2.00. The SMILES string of the molecule is O=C(CC1CCCCC1)c1ccccc1O. The molecule has 0 aromatic heterocycles. The van der Waals surface area contributed by atoms with E-state index in [1.54, 1.807) is 24.3 Å². The molecule has 0 heterocycles. The molecule has 1 aliphatic carbocycles. The maximum Gasteiger partial charge on any atom is 0.166 e. The summed E-state index contributed by atoms with van der Waals surface area (Å²) in [7, 11) is 0. The second kappa shape index (κ2) is 5.15. The van der Waals surface area contributed by atoms with Crippen molar-refractivity contribution < 1.29 is 9.90 Å². The summed E-state index contributed by atoms with van der Waals surface area (Å²) < 4.78 is 0. The zero-order valence-electron chi connectivity index (χ0n) is 9.48. The largest absolute Gasteiger partial charge is 0.507 e. The van der Waals surface area contributed by atoms with E-state index in [2.05, 4.69) is 0 Å². The number of ketones is 1. The molecule has 86 valence electrons. The number of phenols is 1. The van der Waals surface area contributed by atoms with Crippen LogP contribution in [0.1, 0.15) is 48.9 Å². The molecule has 0 unspecified atom stereocenters. The maximum absolute atomic E-state index is 12.0. The van der Waals surface area contributed by atoms with Gasteiger partial charge in [0.25, 0.3) is 0 Å². The number of para-hydroxylation sites is 1. The minimum Gasteiger partial charge on any atom is -0.507 e. The highest BCUT2D eigenvalue weighted by atomic mass is 16.3. The van der Waals surface area contributed by atoms with Gasteiger partial charge in [-0.25, -0.2) is 0 Å². The van der Waals surface area contributed by atoms with Crippen LogP contribution in [-0.4, -0.2) is 10.9 Å². The highest BCUT2D eigenvalue weighted by Crippen LogP contribution is 2.28. The standard InChI is InChI=1S/C14H18O2/c15-13-9-5-4-8-12(13)14(16)10-11-6-2-1-3-7-11/h4-5,8-9,11,15H,1-3,6-7,10H2. The van der Waals surface area contributed by atoms with Crippen molar-refractivity contribution in [2.45, 2.75) is 38.5 Å². The van der Waals surface area contributed by atoms with Crippen LogP contribution < -0.4 is 0 Å². The summed E-state index contributed by atoms with van der Waals surface area (Å²) in [4.78, 5) is 12.0. The third kappa shape index (κ3) is 2.63. The lowest BCUT2D eigenvalue weighted by Gasteiger charge is -2.20. The first-order valence-electron chi connectivity index (χ1n) is 6.08. The Morgan fingerprint density at radius 3 is 2.56 bits per heavy atom. The van der Waals surface area contributed by atoms with Gasteiger partial charge in [0.15, 0.2) is 5.78 Å². The van der Waals surface area contributed by atoms with E-state index in [1.165, 1.54) is 32.1 Å². The second-order valence-electron chi connectivity index (χ2n) is 4.65. The van der Waals surface area contributed by atoms with Crippen molar-refractivity contribution in [3.63, 3.8) is 0 Å². The lowest BCUT2D eigenvalue weighted by atomic mass is 9.84. The summed E-state index contributed by atoms with van der Waals surface area (Å²) >= 11 is 0. The van der Waals surface area contributed by atoms with Gasteiger partial charge in [-0.15, -0.1) is 0 Å². The van der Waals surface area contributed by atoms with Crippen molar-refractivity contribution in [2.24, 2.45) is 5.92 Å². The molecule has 2 rings (SSSR count). The Morgan fingerprint density at radius 1 is 1.19 bits per heavy atom. The number of carbonyl (C=O) groups excluding carboxylic acids is 1. The van der Waals surface area contributed by atoms with Crippen molar-refractivity contribution in [3.05, 3.63) is 29.8 Å². The van der Waals surface area contributed by atoms with Gasteiger partial charge in [-0.2, -0.15) is 0 Å². The first-order valence-corrected chi connectivity index (χ1v) is 6.08. The Morgan fingerprint density at radius 2 is 1.88 bits per heavy atom. The monoisotopic (exact) mass is 218 g/mol. The maximum atomic E-state index is 12.0. The van der Waals surface area contributed by atoms with Crippen LogP contribution in [0.3, 0.4) is 0 Å². The topological polar surface area (TPSA) is 37.3 Å². The fraction of sp³-hybridized carbons (Fsp3) is 0.500. The molecular formula is C14H18O2. The van der Waals surface area contributed by atoms with Gasteiger partial charge in [0.2, 0.25) is 0 Å². The van der Waals surface area contributed by atoms with Gasteiger partial charge < -0.3 is 5.11 Å². The highest BCUT2D eigenvalue weighted by molar-refractivity contribution is 5.98. The number of aromatic hydroxyl groups is 1. The van der Waals surface area contributed by atoms with Gasteiger partial charge in [0.1, 0.15) is 5.75 Å². The highest BCUT2D eigenvalue weighted by Gasteiger charge is 2.19. The van der Waals surface area contributed by atoms with E-state index in [-0.39, 0.29) is 11.5 Å². The summed E-state index contributed by atoms with van der Waals surface area (Å²) in [5, 5.41) is 9.59. The summed E-state index contributed by atoms with van der Waals surface area (Å²) in [6, 6.07) is 6.83. The summed E-state index contributed by atoms with van der Waals surface area (Å²) in [6.45, 7) is 0. The van der Waals surface area contributed by atoms with Crippen LogP contribution in [0.15, 0.2) is 24.3 Å². The number of phenolic OH excluding ortho intramolecular Hbond substituents is 1. The number of hydrogen-bond acceptors (Lipinski definition) is 2. The van der Waals surface area contributed by atoms with Crippen molar-refractivity contribution in [3.8, 4) is 5.75 Å². The van der Waals surface area contributed by atoms with Crippen LogP contribution in [0.5, 0.6) is 5.75 Å². The first-order chi connectivity index (χ1) is 7.77. The Kier molecular flexibility index (Phi) is 3.60.